The van der Waals surface area contributed by atoms with E-state index in [1.807, 2.05) is 21.1 Å². The predicted molar refractivity (Wildman–Crippen MR) is 43.2 cm³/mol. The van der Waals surface area contributed by atoms with Crippen molar-refractivity contribution >= 4 is 17.7 Å². The van der Waals surface area contributed by atoms with Crippen LogP contribution in [0.5, 0.6) is 0 Å². The van der Waals surface area contributed by atoms with E-state index >= 15 is 0 Å². The lowest BCUT2D eigenvalue weighted by molar-refractivity contribution is -0.882. The number of hydrogen-bond acceptors (Lipinski definition) is 2. The third-order valence-electron chi connectivity index (χ3n) is 1.20. The van der Waals surface area contributed by atoms with E-state index < -0.39 is 6.09 Å². The summed E-state index contributed by atoms with van der Waals surface area (Å²) in [6.45, 7) is 0.139. The van der Waals surface area contributed by atoms with Gasteiger partial charge in [-0.25, -0.2) is 4.79 Å². The van der Waals surface area contributed by atoms with Gasteiger partial charge in [-0.3, -0.25) is 0 Å². The van der Waals surface area contributed by atoms with Gasteiger partial charge in [-0.1, -0.05) is 11.6 Å². The van der Waals surface area contributed by atoms with Crippen LogP contribution in [-0.2, 0) is 4.74 Å². The zero-order valence-electron chi connectivity index (χ0n) is 7.38. The molecule has 0 aliphatic carbocycles. The number of quaternary nitrogens is 1. The van der Waals surface area contributed by atoms with Crippen LogP contribution >= 0.6 is 11.6 Å². The van der Waals surface area contributed by atoms with Crippen LogP contribution in [-0.4, -0.2) is 43.8 Å². The van der Waals surface area contributed by atoms with E-state index in [-0.39, 0.29) is 24.5 Å². The number of nitrogens with zero attached hydrogens (tertiary/aromatic N) is 1. The molecular formula is C6H14Cl2N2O2. The Balaban J connectivity index is 0. The number of amides is 1. The molecule has 0 saturated carbocycles. The Kier molecular flexibility index (Phi) is 6.52. The standard InChI is InChI=1S/C6H13ClN2O2.ClH/c1-9(2,3)5(7)4-11-6(8)10;/h5H,4H2,1-3H3,(H-,8,10);1H. The van der Waals surface area contributed by atoms with Crippen molar-refractivity contribution in [1.29, 1.82) is 0 Å². The molecule has 0 spiro atoms. The molecule has 74 valence electrons. The molecule has 0 aliphatic rings. The number of alkyl halides is 1. The Hall–Kier alpha value is -0.190. The number of halogens is 2. The molecule has 0 rings (SSSR count). The summed E-state index contributed by atoms with van der Waals surface area (Å²) in [6, 6.07) is 0. The number of rotatable bonds is 3. The molecule has 4 nitrogen and oxygen atoms in total. The van der Waals surface area contributed by atoms with Crippen molar-refractivity contribution in [3.63, 3.8) is 0 Å². The lowest BCUT2D eigenvalue weighted by Gasteiger charge is -2.28. The van der Waals surface area contributed by atoms with Crippen molar-refractivity contribution in [1.82, 2.24) is 0 Å². The molecule has 6 heteroatoms. The highest BCUT2D eigenvalue weighted by molar-refractivity contribution is 6.19. The Morgan fingerprint density at radius 1 is 1.58 bits per heavy atom. The molecule has 1 amide bonds. The van der Waals surface area contributed by atoms with Crippen molar-refractivity contribution in [2.45, 2.75) is 5.50 Å². The molecule has 0 heterocycles. The number of nitrogens with two attached hydrogens (primary N) is 1. The Bertz CT molecular complexity index is 147. The van der Waals surface area contributed by atoms with Gasteiger partial charge in [0.05, 0.1) is 21.1 Å². The highest BCUT2D eigenvalue weighted by Crippen LogP contribution is 2.07. The Morgan fingerprint density at radius 2 is 2.00 bits per heavy atom. The van der Waals surface area contributed by atoms with Crippen molar-refractivity contribution in [2.24, 2.45) is 5.73 Å². The maximum Gasteiger partial charge on any atom is 0.404 e. The van der Waals surface area contributed by atoms with E-state index in [9.17, 15) is 4.79 Å². The van der Waals surface area contributed by atoms with Crippen LogP contribution in [0.1, 0.15) is 0 Å². The first-order valence-electron chi connectivity index (χ1n) is 3.21. The van der Waals surface area contributed by atoms with Crippen LogP contribution in [0, 0.1) is 0 Å². The number of likely N-dealkylation sites (N-methyl/N-ethyl adjacent to an activating group) is 1. The normalized spacial score (nSPS) is 13.0. The molecule has 0 radical (unpaired) electrons. The minimum Gasteiger partial charge on any atom is -1.00 e. The summed E-state index contributed by atoms with van der Waals surface area (Å²) in [5.74, 6) is 0. The average molecular weight is 217 g/mol. The topological polar surface area (TPSA) is 52.3 Å². The SMILES string of the molecule is C[N+](C)(C)C(Cl)COC(N)=O.[Cl-]. The average Bonchev–Trinajstić information content (AvgIpc) is 1.80. The lowest BCUT2D eigenvalue weighted by Crippen LogP contribution is -3.00. The molecule has 2 N–H and O–H groups in total. The number of primary amides is 1. The Labute approximate surface area is 83.6 Å². The van der Waals surface area contributed by atoms with Crippen LogP contribution in [0.4, 0.5) is 4.79 Å². The van der Waals surface area contributed by atoms with Crippen LogP contribution in [0.3, 0.4) is 0 Å². The highest BCUT2D eigenvalue weighted by Gasteiger charge is 2.21. The van der Waals surface area contributed by atoms with Crippen molar-refractivity contribution < 1.29 is 26.4 Å². The lowest BCUT2D eigenvalue weighted by atomic mass is 10.5. The van der Waals surface area contributed by atoms with Gasteiger partial charge in [-0.15, -0.1) is 0 Å². The molecule has 1 atom stereocenters. The summed E-state index contributed by atoms with van der Waals surface area (Å²) < 4.78 is 5.04. The predicted octanol–water partition coefficient (Wildman–Crippen LogP) is -2.64. The minimum absolute atomic E-state index is 0. The second-order valence-electron chi connectivity index (χ2n) is 3.18. The van der Waals surface area contributed by atoms with Crippen molar-refractivity contribution in [3.8, 4) is 0 Å². The first-order chi connectivity index (χ1) is 4.84. The van der Waals surface area contributed by atoms with Gasteiger partial charge in [0.2, 0.25) is 0 Å². The van der Waals surface area contributed by atoms with Gasteiger partial charge in [0.15, 0.2) is 12.1 Å². The van der Waals surface area contributed by atoms with Gasteiger partial charge in [-0.05, 0) is 0 Å². The molecule has 0 bridgehead atoms. The molecular weight excluding hydrogens is 203 g/mol. The smallest absolute Gasteiger partial charge is 0.404 e. The zero-order chi connectivity index (χ0) is 9.07. The van der Waals surface area contributed by atoms with E-state index in [0.717, 1.165) is 0 Å². The fourth-order valence-corrected chi connectivity index (χ4v) is 0.437. The summed E-state index contributed by atoms with van der Waals surface area (Å²) in [7, 11) is 5.71. The van der Waals surface area contributed by atoms with Gasteiger partial charge in [-0.2, -0.15) is 0 Å². The van der Waals surface area contributed by atoms with Gasteiger partial charge < -0.3 is 27.4 Å². The molecule has 0 aromatic heterocycles. The molecule has 0 aromatic carbocycles. The molecule has 1 unspecified atom stereocenters. The highest BCUT2D eigenvalue weighted by atomic mass is 35.5. The fraction of sp³-hybridized carbons (Fsp3) is 0.833. The number of carbonyl (C=O) groups excluding carboxylic acids is 1. The monoisotopic (exact) mass is 216 g/mol. The third kappa shape index (κ3) is 6.52. The molecule has 0 saturated heterocycles. The van der Waals surface area contributed by atoms with E-state index in [0.29, 0.717) is 4.48 Å². The van der Waals surface area contributed by atoms with Crippen molar-refractivity contribution in [3.05, 3.63) is 0 Å². The summed E-state index contributed by atoms with van der Waals surface area (Å²) in [5.41, 5.74) is 4.50. The van der Waals surface area contributed by atoms with Crippen LogP contribution < -0.4 is 18.1 Å². The largest absolute Gasteiger partial charge is 1.00 e. The summed E-state index contributed by atoms with van der Waals surface area (Å²) in [5, 5.41) is 0. The van der Waals surface area contributed by atoms with Gasteiger partial charge in [0.1, 0.15) is 0 Å². The van der Waals surface area contributed by atoms with Crippen LogP contribution in [0.2, 0.25) is 0 Å². The van der Waals surface area contributed by atoms with Gasteiger partial charge in [0.25, 0.3) is 0 Å². The molecule has 0 aliphatic heterocycles. The van der Waals surface area contributed by atoms with E-state index in [4.69, 9.17) is 17.3 Å². The first kappa shape index (κ1) is 14.3. The Morgan fingerprint density at radius 3 is 2.25 bits per heavy atom. The van der Waals surface area contributed by atoms with E-state index in [2.05, 4.69) is 4.74 Å². The second-order valence-corrected chi connectivity index (χ2v) is 3.68. The number of ether oxygens (including phenoxy) is 1. The second kappa shape index (κ2) is 5.45. The summed E-state index contributed by atoms with van der Waals surface area (Å²) >= 11 is 5.84. The fourth-order valence-electron chi connectivity index (χ4n) is 0.375. The minimum atomic E-state index is -0.788. The quantitative estimate of drug-likeness (QED) is 0.319. The molecule has 0 fully saturated rings. The third-order valence-corrected chi connectivity index (χ3v) is 1.92. The van der Waals surface area contributed by atoms with Crippen LogP contribution in [0.25, 0.3) is 0 Å². The van der Waals surface area contributed by atoms with Gasteiger partial charge in [0, 0.05) is 0 Å². The molecule has 0 aromatic rings. The van der Waals surface area contributed by atoms with E-state index in [1.54, 1.807) is 0 Å². The zero-order valence-corrected chi connectivity index (χ0v) is 8.89. The summed E-state index contributed by atoms with van der Waals surface area (Å²) in [4.78, 5) is 10.2. The maximum atomic E-state index is 10.2. The number of hydrogen-bond donors (Lipinski definition) is 1. The molecule has 12 heavy (non-hydrogen) atoms. The van der Waals surface area contributed by atoms with Gasteiger partial charge >= 0.3 is 6.09 Å². The first-order valence-corrected chi connectivity index (χ1v) is 3.65. The number of carbonyl (C=O) groups is 1. The van der Waals surface area contributed by atoms with Crippen LogP contribution in [0.15, 0.2) is 0 Å². The maximum absolute atomic E-state index is 10.2. The van der Waals surface area contributed by atoms with Crippen molar-refractivity contribution in [2.75, 3.05) is 27.7 Å². The van der Waals surface area contributed by atoms with E-state index in [1.165, 1.54) is 0 Å². The summed E-state index contributed by atoms with van der Waals surface area (Å²) in [6.07, 6.45) is -0.788.